The Morgan fingerprint density at radius 3 is 2.94 bits per heavy atom. The fourth-order valence-electron chi connectivity index (χ4n) is 1.99. The van der Waals surface area contributed by atoms with E-state index < -0.39 is 0 Å². The molecule has 98 valence electrons. The summed E-state index contributed by atoms with van der Waals surface area (Å²) >= 11 is 1.76. The van der Waals surface area contributed by atoms with Gasteiger partial charge in [0.1, 0.15) is 0 Å². The molecule has 1 heterocycles. The molecule has 0 aromatic carbocycles. The van der Waals surface area contributed by atoms with Gasteiger partial charge in [-0.3, -0.25) is 0 Å². The monoisotopic (exact) mass is 263 g/mol. The van der Waals surface area contributed by atoms with Crippen molar-refractivity contribution in [2.75, 3.05) is 13.1 Å². The van der Waals surface area contributed by atoms with Gasteiger partial charge in [-0.2, -0.15) is 0 Å². The van der Waals surface area contributed by atoms with Gasteiger partial charge < -0.3 is 10.6 Å². The van der Waals surface area contributed by atoms with Crippen molar-refractivity contribution in [3.05, 3.63) is 34.5 Å². The maximum Gasteiger partial charge on any atom is 0.168 e. The fraction of sp³-hybridized carbons (Fsp3) is 0.500. The van der Waals surface area contributed by atoms with Crippen LogP contribution >= 0.6 is 11.8 Å². The van der Waals surface area contributed by atoms with Crippen LogP contribution in [-0.4, -0.2) is 23.2 Å². The van der Waals surface area contributed by atoms with Crippen molar-refractivity contribution < 1.29 is 0 Å². The highest BCUT2D eigenvalue weighted by Gasteiger charge is 2.20. The number of fused-ring (bicyclic) bond motifs is 2. The maximum absolute atomic E-state index is 5.89. The van der Waals surface area contributed by atoms with Crippen LogP contribution in [0.4, 0.5) is 0 Å². The average Bonchev–Trinajstić information content (AvgIpc) is 2.49. The van der Waals surface area contributed by atoms with Crippen LogP contribution in [-0.2, 0) is 0 Å². The normalized spacial score (nSPS) is 18.3. The van der Waals surface area contributed by atoms with Gasteiger partial charge in [-0.15, -0.1) is 0 Å². The summed E-state index contributed by atoms with van der Waals surface area (Å²) in [7, 11) is 0. The van der Waals surface area contributed by atoms with Crippen LogP contribution in [0.5, 0.6) is 0 Å². The Bertz CT molecular complexity index is 432. The molecule has 3 nitrogen and oxygen atoms in total. The molecule has 0 aromatic heterocycles. The minimum atomic E-state index is 0.820. The van der Waals surface area contributed by atoms with Gasteiger partial charge in [0.25, 0.3) is 0 Å². The summed E-state index contributed by atoms with van der Waals surface area (Å²) in [4.78, 5) is 8.40. The topological polar surface area (TPSA) is 41.6 Å². The van der Waals surface area contributed by atoms with Crippen LogP contribution in [0.25, 0.3) is 0 Å². The molecular formula is C14H21N3S. The van der Waals surface area contributed by atoms with Gasteiger partial charge in [-0.1, -0.05) is 25.1 Å². The lowest BCUT2D eigenvalue weighted by molar-refractivity contribution is 0.435. The van der Waals surface area contributed by atoms with Crippen LogP contribution in [0, 0.1) is 0 Å². The van der Waals surface area contributed by atoms with Gasteiger partial charge in [0.2, 0.25) is 0 Å². The molecule has 0 spiro atoms. The molecule has 0 aromatic rings. The van der Waals surface area contributed by atoms with Crippen molar-refractivity contribution in [2.24, 2.45) is 10.7 Å². The minimum absolute atomic E-state index is 0.820. The summed E-state index contributed by atoms with van der Waals surface area (Å²) in [5.74, 6) is 0. The SMILES string of the molecule is CCCCN(CC)C1=NC2=CC=C(N)C=C(C2)S1. The molecule has 2 aliphatic rings. The van der Waals surface area contributed by atoms with Crippen LogP contribution < -0.4 is 5.73 Å². The molecule has 2 bridgehead atoms. The van der Waals surface area contributed by atoms with E-state index in [-0.39, 0.29) is 0 Å². The molecule has 18 heavy (non-hydrogen) atoms. The second-order valence-corrected chi connectivity index (χ2v) is 5.64. The lowest BCUT2D eigenvalue weighted by Crippen LogP contribution is -2.30. The number of thioether (sulfide) groups is 1. The predicted molar refractivity (Wildman–Crippen MR) is 80.2 cm³/mol. The summed E-state index contributed by atoms with van der Waals surface area (Å²) < 4.78 is 0. The number of nitrogens with two attached hydrogens (primary N) is 1. The lowest BCUT2D eigenvalue weighted by Gasteiger charge is -2.27. The zero-order chi connectivity index (χ0) is 13.0. The van der Waals surface area contributed by atoms with Gasteiger partial charge in [-0.05, 0) is 31.6 Å². The molecule has 0 radical (unpaired) electrons. The first kappa shape index (κ1) is 13.3. The molecule has 0 fully saturated rings. The number of amidine groups is 1. The summed E-state index contributed by atoms with van der Waals surface area (Å²) in [6.45, 7) is 6.50. The van der Waals surface area contributed by atoms with Crippen LogP contribution in [0.2, 0.25) is 0 Å². The van der Waals surface area contributed by atoms with E-state index in [1.165, 1.54) is 17.7 Å². The molecule has 1 aliphatic carbocycles. The first-order chi connectivity index (χ1) is 8.72. The van der Waals surface area contributed by atoms with E-state index in [9.17, 15) is 0 Å². The number of allylic oxidation sites excluding steroid dienone is 4. The largest absolute Gasteiger partial charge is 0.399 e. The molecule has 2 N–H and O–H groups in total. The number of nitrogens with zero attached hydrogens (tertiary/aromatic N) is 2. The zero-order valence-corrected chi connectivity index (χ0v) is 12.0. The molecule has 1 aliphatic heterocycles. The number of hydrogen-bond donors (Lipinski definition) is 1. The van der Waals surface area contributed by atoms with Crippen molar-refractivity contribution in [1.82, 2.24) is 4.90 Å². The Hall–Kier alpha value is -1.16. The summed E-state index contributed by atoms with van der Waals surface area (Å²) in [5, 5.41) is 1.12. The number of rotatable bonds is 4. The molecule has 0 amide bonds. The van der Waals surface area contributed by atoms with Crippen molar-refractivity contribution in [3.63, 3.8) is 0 Å². The number of hydrogen-bond acceptors (Lipinski definition) is 4. The third-order valence-corrected chi connectivity index (χ3v) is 4.10. The van der Waals surface area contributed by atoms with E-state index in [2.05, 4.69) is 24.8 Å². The summed E-state index contributed by atoms with van der Waals surface area (Å²) in [5.41, 5.74) is 7.82. The Kier molecular flexibility index (Phi) is 4.53. The van der Waals surface area contributed by atoms with Crippen LogP contribution in [0.1, 0.15) is 33.1 Å². The minimum Gasteiger partial charge on any atom is -0.399 e. The van der Waals surface area contributed by atoms with Gasteiger partial charge in [-0.25, -0.2) is 4.99 Å². The summed E-state index contributed by atoms with van der Waals surface area (Å²) in [6.07, 6.45) is 9.39. The highest BCUT2D eigenvalue weighted by atomic mass is 32.2. The highest BCUT2D eigenvalue weighted by molar-refractivity contribution is 8.17. The molecule has 2 rings (SSSR count). The smallest absolute Gasteiger partial charge is 0.168 e. The third-order valence-electron chi connectivity index (χ3n) is 3.05. The van der Waals surface area contributed by atoms with E-state index in [0.29, 0.717) is 0 Å². The standard InChI is InChI=1S/C14H21N3S/c1-3-5-8-17(4-2)14-16-12-7-6-11(15)9-13(10-12)18-14/h6-7,9H,3-5,8,10,15H2,1-2H3. The third kappa shape index (κ3) is 3.19. The number of unbranched alkanes of at least 4 members (excludes halogenated alkanes) is 1. The van der Waals surface area contributed by atoms with Gasteiger partial charge in [0, 0.05) is 35.8 Å². The zero-order valence-electron chi connectivity index (χ0n) is 11.1. The lowest BCUT2D eigenvalue weighted by atomic mass is 10.3. The van der Waals surface area contributed by atoms with E-state index in [1.54, 1.807) is 11.8 Å². The van der Waals surface area contributed by atoms with Crippen molar-refractivity contribution in [1.29, 1.82) is 0 Å². The van der Waals surface area contributed by atoms with Gasteiger partial charge >= 0.3 is 0 Å². The Labute approximate surface area is 114 Å². The second kappa shape index (κ2) is 6.14. The number of aliphatic imine (C=N–C) groups is 1. The molecule has 4 heteroatoms. The van der Waals surface area contributed by atoms with Crippen molar-refractivity contribution >= 4 is 16.9 Å². The van der Waals surface area contributed by atoms with E-state index in [0.717, 1.165) is 36.1 Å². The van der Waals surface area contributed by atoms with Crippen LogP contribution in [0.15, 0.2) is 39.5 Å². The van der Waals surface area contributed by atoms with Gasteiger partial charge in [0.15, 0.2) is 5.17 Å². The van der Waals surface area contributed by atoms with E-state index in [1.807, 2.05) is 12.2 Å². The second-order valence-electron chi connectivity index (χ2n) is 4.54. The first-order valence-electron chi connectivity index (χ1n) is 6.61. The maximum atomic E-state index is 5.89. The molecular weight excluding hydrogens is 242 g/mol. The van der Waals surface area contributed by atoms with Gasteiger partial charge in [0.05, 0.1) is 0 Å². The van der Waals surface area contributed by atoms with Crippen molar-refractivity contribution in [2.45, 2.75) is 33.1 Å². The Balaban J connectivity index is 2.17. The molecule has 0 saturated carbocycles. The summed E-state index contributed by atoms with van der Waals surface area (Å²) in [6, 6.07) is 0. The predicted octanol–water partition coefficient (Wildman–Crippen LogP) is 3.23. The van der Waals surface area contributed by atoms with Crippen molar-refractivity contribution in [3.8, 4) is 0 Å². The van der Waals surface area contributed by atoms with Crippen LogP contribution in [0.3, 0.4) is 0 Å². The van der Waals surface area contributed by atoms with E-state index >= 15 is 0 Å². The van der Waals surface area contributed by atoms with E-state index in [4.69, 9.17) is 10.7 Å². The average molecular weight is 263 g/mol. The Morgan fingerprint density at radius 1 is 1.39 bits per heavy atom. The highest BCUT2D eigenvalue weighted by Crippen LogP contribution is 2.34. The molecule has 0 unspecified atom stereocenters. The first-order valence-corrected chi connectivity index (χ1v) is 7.43. The quantitative estimate of drug-likeness (QED) is 0.846. The fourth-order valence-corrected chi connectivity index (χ4v) is 3.16. The molecule has 0 saturated heterocycles. The molecule has 0 atom stereocenters. The Morgan fingerprint density at radius 2 is 2.22 bits per heavy atom.